The molecule has 2 amide bonds. The van der Waals surface area contributed by atoms with E-state index >= 15 is 0 Å². The number of nitrogens with zero attached hydrogens (tertiary/aromatic N) is 3. The fourth-order valence-electron chi connectivity index (χ4n) is 9.60. The Hall–Kier alpha value is -3.88. The molecule has 370 valence electrons. The molecule has 1 fully saturated rings. The molecule has 9 atom stereocenters. The lowest BCUT2D eigenvalue weighted by Gasteiger charge is -2.41. The first kappa shape index (κ1) is 57.2. The van der Waals surface area contributed by atoms with Crippen molar-refractivity contribution in [2.45, 2.75) is 176 Å². The first-order valence-electron chi connectivity index (χ1n) is 24.0. The van der Waals surface area contributed by atoms with Gasteiger partial charge in [0.1, 0.15) is 17.1 Å². The van der Waals surface area contributed by atoms with Gasteiger partial charge in [0.2, 0.25) is 11.8 Å². The third-order valence-electron chi connectivity index (χ3n) is 13.3. The zero-order valence-corrected chi connectivity index (χ0v) is 42.3. The third kappa shape index (κ3) is 17.7. The lowest BCUT2D eigenvalue weighted by atomic mass is 9.83. The van der Waals surface area contributed by atoms with Crippen molar-refractivity contribution in [1.29, 1.82) is 0 Å². The minimum absolute atomic E-state index is 0.00264. The first-order valence-corrected chi connectivity index (χ1v) is 24.0. The smallest absolute Gasteiger partial charge is 0.310 e. The second-order valence-electron chi connectivity index (χ2n) is 20.3. The number of ketones is 2. The zero-order chi connectivity index (χ0) is 49.3. The summed E-state index contributed by atoms with van der Waals surface area (Å²) in [5.74, 6) is -3.97. The number of phenols is 1. The summed E-state index contributed by atoms with van der Waals surface area (Å²) >= 11 is 0. The van der Waals surface area contributed by atoms with Crippen LogP contribution in [0.3, 0.4) is 0 Å². The second kappa shape index (κ2) is 27.1. The Bertz CT molecular complexity index is 1680. The average molecular weight is 916 g/mol. The number of hydrogen-bond acceptors (Lipinski definition) is 11. The molecule has 1 aromatic carbocycles. The molecule has 1 aromatic rings. The second-order valence-corrected chi connectivity index (χ2v) is 20.3. The van der Waals surface area contributed by atoms with E-state index in [0.29, 0.717) is 38.8 Å². The van der Waals surface area contributed by atoms with Gasteiger partial charge in [-0.2, -0.15) is 0 Å². The molecule has 0 spiro atoms. The maximum Gasteiger partial charge on any atom is 0.310 e. The van der Waals surface area contributed by atoms with Gasteiger partial charge in [0, 0.05) is 58.9 Å². The average Bonchev–Trinajstić information content (AvgIpc) is 3.71. The van der Waals surface area contributed by atoms with Gasteiger partial charge >= 0.3 is 11.9 Å². The predicted molar refractivity (Wildman–Crippen MR) is 252 cm³/mol. The van der Waals surface area contributed by atoms with Crippen LogP contribution >= 0.6 is 0 Å². The highest BCUT2D eigenvalue weighted by atomic mass is 16.6. The van der Waals surface area contributed by atoms with Gasteiger partial charge < -0.3 is 34.2 Å². The Kier molecular flexibility index (Phi) is 23.8. The molecule has 0 aliphatic carbocycles. The molecule has 65 heavy (non-hydrogen) atoms. The van der Waals surface area contributed by atoms with E-state index in [0.717, 1.165) is 18.4 Å². The molecule has 0 unspecified atom stereocenters. The van der Waals surface area contributed by atoms with Crippen molar-refractivity contribution < 1.29 is 53.2 Å². The maximum absolute atomic E-state index is 14.6. The number of esters is 1. The van der Waals surface area contributed by atoms with E-state index < -0.39 is 65.6 Å². The Morgan fingerprint density at radius 3 is 2.00 bits per heavy atom. The summed E-state index contributed by atoms with van der Waals surface area (Å²) in [4.78, 5) is 87.1. The molecule has 1 saturated heterocycles. The monoisotopic (exact) mass is 916 g/mol. The minimum Gasteiger partial charge on any atom is -0.508 e. The van der Waals surface area contributed by atoms with E-state index in [1.54, 1.807) is 75.9 Å². The SMILES string of the molecule is CC[C@H](C)[C@@H]([C@@H](CC(=O)N1CCC[C@H]1[C@H](OC)[C@@H](C)C(=O)C[C@@H](Cc1ccc(O)cc1)C(=O)OC(C)(C)C)OC)N(C)C(=O)[C@@H](CC(=O)[C@H](C(C)C)N(C)CCCCCC(=O)O)C(C)C. The van der Waals surface area contributed by atoms with Crippen LogP contribution in [-0.2, 0) is 49.4 Å². The number of carboxylic acids is 1. The molecular formula is C51H85N3O11. The van der Waals surface area contributed by atoms with Gasteiger partial charge in [-0.3, -0.25) is 33.7 Å². The topological polar surface area (TPSA) is 180 Å². The molecule has 14 heteroatoms. The van der Waals surface area contributed by atoms with Gasteiger partial charge in [-0.15, -0.1) is 0 Å². The zero-order valence-electron chi connectivity index (χ0n) is 42.3. The molecule has 2 rings (SSSR count). The number of benzene rings is 1. The summed E-state index contributed by atoms with van der Waals surface area (Å²) < 4.78 is 17.9. The van der Waals surface area contributed by atoms with Crippen LogP contribution in [0.1, 0.15) is 139 Å². The van der Waals surface area contributed by atoms with Crippen LogP contribution in [0.2, 0.25) is 0 Å². The number of rotatable bonds is 29. The number of hydrogen-bond donors (Lipinski definition) is 2. The lowest BCUT2D eigenvalue weighted by Crippen LogP contribution is -2.54. The number of phenolic OH excluding ortho intramolecular Hbond substituents is 1. The van der Waals surface area contributed by atoms with Crippen LogP contribution in [0, 0.1) is 35.5 Å². The van der Waals surface area contributed by atoms with Crippen molar-refractivity contribution >= 4 is 35.3 Å². The largest absolute Gasteiger partial charge is 0.508 e. The molecule has 0 aromatic heterocycles. The highest BCUT2D eigenvalue weighted by Gasteiger charge is 2.44. The molecular weight excluding hydrogens is 831 g/mol. The Balaban J connectivity index is 2.29. The number of methoxy groups -OCH3 is 2. The van der Waals surface area contributed by atoms with Gasteiger partial charge in [-0.05, 0) is 102 Å². The van der Waals surface area contributed by atoms with E-state index in [-0.39, 0.29) is 79.0 Å². The number of Topliss-reactive ketones (excluding diaryl/α,β-unsaturated/α-hetero) is 2. The predicted octanol–water partition coefficient (Wildman–Crippen LogP) is 7.60. The fourth-order valence-corrected chi connectivity index (χ4v) is 9.60. The van der Waals surface area contributed by atoms with Crippen LogP contribution in [-0.4, -0.2) is 138 Å². The van der Waals surface area contributed by atoms with Crippen LogP contribution in [0.5, 0.6) is 5.75 Å². The summed E-state index contributed by atoms with van der Waals surface area (Å²) in [6.07, 6.45) is 3.17. The van der Waals surface area contributed by atoms with Crippen molar-refractivity contribution in [2.75, 3.05) is 41.4 Å². The number of unbranched alkanes of at least 4 members (excludes halogenated alkanes) is 2. The lowest BCUT2D eigenvalue weighted by molar-refractivity contribution is -0.161. The van der Waals surface area contributed by atoms with E-state index in [1.165, 1.54) is 7.11 Å². The maximum atomic E-state index is 14.6. The fraction of sp³-hybridized carbons (Fsp3) is 0.765. The van der Waals surface area contributed by atoms with Crippen molar-refractivity contribution in [3.05, 3.63) is 29.8 Å². The van der Waals surface area contributed by atoms with Gasteiger partial charge in [0.05, 0.1) is 42.7 Å². The Morgan fingerprint density at radius 2 is 1.48 bits per heavy atom. The van der Waals surface area contributed by atoms with Crippen molar-refractivity contribution in [3.63, 3.8) is 0 Å². The Morgan fingerprint density at radius 1 is 0.846 bits per heavy atom. The molecule has 0 radical (unpaired) electrons. The van der Waals surface area contributed by atoms with E-state index in [9.17, 15) is 33.9 Å². The number of likely N-dealkylation sites (tertiary alicyclic amines) is 1. The van der Waals surface area contributed by atoms with Crippen molar-refractivity contribution in [2.24, 2.45) is 35.5 Å². The normalized spacial score (nSPS) is 18.2. The number of carboxylic acid groups (broad SMARTS) is 1. The Labute approximate surface area is 390 Å². The molecule has 2 N–H and O–H groups in total. The number of likely N-dealkylation sites (N-methyl/N-ethyl adjacent to an activating group) is 2. The molecule has 1 aliphatic rings. The summed E-state index contributed by atoms with van der Waals surface area (Å²) in [7, 11) is 6.76. The standard InChI is InChI=1S/C51H85N3O11/c1-15-34(6)47(53(12)49(61)39(32(2)3)30-42(57)46(33(4)5)52(11)26-18-16-17-21-45(59)60)43(63-13)31-44(58)54-27-19-20-40(54)48(64-14)35(7)41(56)29-37(50(62)65-51(8,9)10)28-36-22-24-38(55)25-23-36/h22-25,32-35,37,39-40,43,46-48,55H,15-21,26-31H2,1-14H3,(H,59,60)/t34-,35-,37+,39-,40-,43+,46-,47-,48+/m0/s1. The number of carbonyl (C=O) groups excluding carboxylic acids is 5. The summed E-state index contributed by atoms with van der Waals surface area (Å²) in [5, 5.41) is 18.8. The summed E-state index contributed by atoms with van der Waals surface area (Å²) in [6.45, 7) is 20.2. The van der Waals surface area contributed by atoms with E-state index in [4.69, 9.17) is 19.3 Å². The third-order valence-corrected chi connectivity index (χ3v) is 13.3. The number of ether oxygens (including phenoxy) is 3. The molecule has 0 saturated carbocycles. The number of aromatic hydroxyl groups is 1. The van der Waals surface area contributed by atoms with Crippen molar-refractivity contribution in [1.82, 2.24) is 14.7 Å². The van der Waals surface area contributed by atoms with Gasteiger partial charge in [-0.25, -0.2) is 0 Å². The van der Waals surface area contributed by atoms with Gasteiger partial charge in [0.15, 0.2) is 5.78 Å². The summed E-state index contributed by atoms with van der Waals surface area (Å²) in [5.41, 5.74) is 0.0213. The van der Waals surface area contributed by atoms with Crippen LogP contribution in [0.4, 0.5) is 0 Å². The van der Waals surface area contributed by atoms with Crippen LogP contribution in [0.25, 0.3) is 0 Å². The van der Waals surface area contributed by atoms with Gasteiger partial charge in [0.25, 0.3) is 0 Å². The molecule has 0 bridgehead atoms. The molecule has 14 nitrogen and oxygen atoms in total. The van der Waals surface area contributed by atoms with Crippen LogP contribution in [0.15, 0.2) is 24.3 Å². The van der Waals surface area contributed by atoms with Crippen LogP contribution < -0.4 is 0 Å². The molecule has 1 aliphatic heterocycles. The molecule has 1 heterocycles. The van der Waals surface area contributed by atoms with Gasteiger partial charge in [-0.1, -0.05) is 73.4 Å². The highest BCUT2D eigenvalue weighted by Crippen LogP contribution is 2.32. The van der Waals surface area contributed by atoms with E-state index in [2.05, 4.69) is 0 Å². The number of amides is 2. The number of carbonyl (C=O) groups is 6. The first-order chi connectivity index (χ1) is 30.4. The quantitative estimate of drug-likeness (QED) is 0.0595. The minimum atomic E-state index is -0.814. The van der Waals surface area contributed by atoms with E-state index in [1.807, 2.05) is 53.5 Å². The summed E-state index contributed by atoms with van der Waals surface area (Å²) in [6, 6.07) is 5.24. The van der Waals surface area contributed by atoms with Crippen molar-refractivity contribution in [3.8, 4) is 5.75 Å². The highest BCUT2D eigenvalue weighted by molar-refractivity contribution is 5.90. The number of aliphatic carboxylic acids is 1.